The Hall–Kier alpha value is -1.93. The largest absolute Gasteiger partial charge is 0.383 e. The molecule has 0 unspecified atom stereocenters. The molecule has 1 N–H and O–H groups in total. The molecule has 1 aromatic heterocycles. The number of piperidine rings is 1. The molecule has 2 aliphatic heterocycles. The smallest absolute Gasteiger partial charge is 0.327 e. The number of aryl methyl sites for hydroxylation is 1. The van der Waals surface area contributed by atoms with Crippen LogP contribution in [0.3, 0.4) is 0 Å². The highest BCUT2D eigenvalue weighted by Crippen LogP contribution is 2.38. The number of likely N-dealkylation sites (tertiary alicyclic amines) is 1. The zero-order chi connectivity index (χ0) is 18.9. The van der Waals surface area contributed by atoms with Crippen molar-refractivity contribution in [3.05, 3.63) is 17.7 Å². The van der Waals surface area contributed by atoms with Crippen LogP contribution in [0.15, 0.2) is 6.33 Å². The highest BCUT2D eigenvalue weighted by Gasteiger charge is 2.58. The average molecular weight is 363 g/mol. The van der Waals surface area contributed by atoms with E-state index in [0.29, 0.717) is 26.0 Å². The molecule has 3 amide bonds. The molecule has 0 aromatic carbocycles. The minimum Gasteiger partial charge on any atom is -0.383 e. The van der Waals surface area contributed by atoms with Gasteiger partial charge in [-0.3, -0.25) is 14.6 Å². The van der Waals surface area contributed by atoms with Crippen molar-refractivity contribution in [2.45, 2.75) is 51.7 Å². The first kappa shape index (κ1) is 18.8. The van der Waals surface area contributed by atoms with E-state index in [1.807, 2.05) is 20.8 Å². The van der Waals surface area contributed by atoms with Crippen LogP contribution in [0.2, 0.25) is 0 Å². The Bertz CT molecular complexity index is 664. The lowest BCUT2D eigenvalue weighted by Crippen LogP contribution is -2.57. The summed E-state index contributed by atoms with van der Waals surface area (Å²) in [6, 6.07) is -0.317. The van der Waals surface area contributed by atoms with E-state index in [9.17, 15) is 9.59 Å². The lowest BCUT2D eigenvalue weighted by Gasteiger charge is -2.42. The molecule has 1 aromatic rings. The number of H-pyrrole nitrogens is 1. The van der Waals surface area contributed by atoms with Gasteiger partial charge in [0.1, 0.15) is 5.54 Å². The summed E-state index contributed by atoms with van der Waals surface area (Å²) < 4.78 is 5.18. The van der Waals surface area contributed by atoms with Crippen LogP contribution in [0, 0.1) is 6.92 Å². The van der Waals surface area contributed by atoms with Gasteiger partial charge < -0.3 is 14.6 Å². The number of aromatic nitrogens is 2. The molecule has 3 heterocycles. The minimum atomic E-state index is -0.725. The van der Waals surface area contributed by atoms with Crippen molar-refractivity contribution in [3.63, 3.8) is 0 Å². The quantitative estimate of drug-likeness (QED) is 0.772. The number of nitrogens with one attached hydrogen (secondary N) is 1. The van der Waals surface area contributed by atoms with Crippen molar-refractivity contribution >= 4 is 11.9 Å². The number of rotatable bonds is 6. The van der Waals surface area contributed by atoms with Crippen LogP contribution in [0.5, 0.6) is 0 Å². The molecule has 8 heteroatoms. The second kappa shape index (κ2) is 7.36. The molecule has 3 rings (SSSR count). The zero-order valence-corrected chi connectivity index (χ0v) is 16.1. The van der Waals surface area contributed by atoms with Crippen LogP contribution in [0.25, 0.3) is 0 Å². The average Bonchev–Trinajstić information content (AvgIpc) is 3.08. The van der Waals surface area contributed by atoms with Gasteiger partial charge in [0.15, 0.2) is 0 Å². The summed E-state index contributed by atoms with van der Waals surface area (Å²) in [6.45, 7) is 8.96. The molecule has 26 heavy (non-hydrogen) atoms. The third kappa shape index (κ3) is 3.12. The molecule has 0 aliphatic carbocycles. The fourth-order valence-corrected chi connectivity index (χ4v) is 4.01. The standard InChI is InChI=1S/C18H29N5O3/c1-13(2)23-16(24)18(22(17(23)25)9-10-26-4)5-7-21(8-6-18)11-15-14(3)19-12-20-15/h12-13H,5-11H2,1-4H3,(H,19,20). The van der Waals surface area contributed by atoms with E-state index in [-0.39, 0.29) is 18.0 Å². The first-order valence-corrected chi connectivity index (χ1v) is 9.26. The van der Waals surface area contributed by atoms with E-state index in [1.54, 1.807) is 18.3 Å². The summed E-state index contributed by atoms with van der Waals surface area (Å²) in [5, 5.41) is 0. The first-order chi connectivity index (χ1) is 12.4. The number of amides is 3. The van der Waals surface area contributed by atoms with Gasteiger partial charge in [-0.1, -0.05) is 0 Å². The van der Waals surface area contributed by atoms with Gasteiger partial charge in [-0.2, -0.15) is 0 Å². The van der Waals surface area contributed by atoms with Gasteiger partial charge in [0.2, 0.25) is 0 Å². The van der Waals surface area contributed by atoms with Crippen molar-refractivity contribution in [1.29, 1.82) is 0 Å². The van der Waals surface area contributed by atoms with Crippen molar-refractivity contribution < 1.29 is 14.3 Å². The first-order valence-electron chi connectivity index (χ1n) is 9.26. The Morgan fingerprint density at radius 1 is 1.31 bits per heavy atom. The number of methoxy groups -OCH3 is 1. The van der Waals surface area contributed by atoms with E-state index in [1.165, 1.54) is 4.90 Å². The van der Waals surface area contributed by atoms with E-state index in [2.05, 4.69) is 14.9 Å². The summed E-state index contributed by atoms with van der Waals surface area (Å²) in [7, 11) is 1.62. The van der Waals surface area contributed by atoms with Crippen LogP contribution in [-0.4, -0.2) is 81.5 Å². The van der Waals surface area contributed by atoms with Crippen LogP contribution < -0.4 is 0 Å². The fraction of sp³-hybridized carbons (Fsp3) is 0.722. The predicted molar refractivity (Wildman–Crippen MR) is 96.5 cm³/mol. The fourth-order valence-electron chi connectivity index (χ4n) is 4.01. The topological polar surface area (TPSA) is 81.8 Å². The zero-order valence-electron chi connectivity index (χ0n) is 16.1. The second-order valence-electron chi connectivity index (χ2n) is 7.48. The highest BCUT2D eigenvalue weighted by molar-refractivity contribution is 6.07. The maximum absolute atomic E-state index is 13.2. The van der Waals surface area contributed by atoms with E-state index in [4.69, 9.17) is 4.74 Å². The number of hydrogen-bond donors (Lipinski definition) is 1. The lowest BCUT2D eigenvalue weighted by molar-refractivity contribution is -0.136. The third-order valence-electron chi connectivity index (χ3n) is 5.60. The molecule has 2 fully saturated rings. The molecular formula is C18H29N5O3. The molecule has 144 valence electrons. The van der Waals surface area contributed by atoms with E-state index < -0.39 is 5.54 Å². The molecule has 0 atom stereocenters. The molecule has 0 radical (unpaired) electrons. The van der Waals surface area contributed by atoms with Crippen molar-refractivity contribution in [3.8, 4) is 0 Å². The SMILES string of the molecule is COCCN1C(=O)N(C(C)C)C(=O)C12CCN(Cc1nc[nH]c1C)CC2. The van der Waals surface area contributed by atoms with Crippen molar-refractivity contribution in [2.24, 2.45) is 0 Å². The van der Waals surface area contributed by atoms with Gasteiger partial charge in [0.05, 0.1) is 18.6 Å². The van der Waals surface area contributed by atoms with Crippen LogP contribution >= 0.6 is 0 Å². The van der Waals surface area contributed by atoms with Gasteiger partial charge in [-0.15, -0.1) is 0 Å². The maximum atomic E-state index is 13.2. The van der Waals surface area contributed by atoms with Crippen LogP contribution in [-0.2, 0) is 16.1 Å². The normalized spacial score (nSPS) is 20.8. The Morgan fingerprint density at radius 2 is 2.00 bits per heavy atom. The minimum absolute atomic E-state index is 0.0517. The van der Waals surface area contributed by atoms with Crippen LogP contribution in [0.1, 0.15) is 38.1 Å². The molecule has 8 nitrogen and oxygen atoms in total. The molecule has 0 saturated carbocycles. The van der Waals surface area contributed by atoms with Gasteiger partial charge in [-0.25, -0.2) is 9.78 Å². The summed E-state index contributed by atoms with van der Waals surface area (Å²) in [5.74, 6) is -0.0517. The number of imide groups is 1. The number of urea groups is 1. The van der Waals surface area contributed by atoms with Gasteiger partial charge in [-0.05, 0) is 33.6 Å². The monoisotopic (exact) mass is 363 g/mol. The Morgan fingerprint density at radius 3 is 2.54 bits per heavy atom. The Kier molecular flexibility index (Phi) is 5.34. The number of aromatic amines is 1. The molecule has 2 aliphatic rings. The van der Waals surface area contributed by atoms with Crippen molar-refractivity contribution in [2.75, 3.05) is 33.4 Å². The summed E-state index contributed by atoms with van der Waals surface area (Å²) in [4.78, 5) is 39.0. The van der Waals surface area contributed by atoms with Crippen molar-refractivity contribution in [1.82, 2.24) is 24.7 Å². The molecular weight excluding hydrogens is 334 g/mol. The maximum Gasteiger partial charge on any atom is 0.327 e. The number of carbonyl (C=O) groups excluding carboxylic acids is 2. The molecule has 1 spiro atoms. The Balaban J connectivity index is 1.75. The van der Waals surface area contributed by atoms with Gasteiger partial charge in [0.25, 0.3) is 5.91 Å². The number of hydrogen-bond acceptors (Lipinski definition) is 5. The van der Waals surface area contributed by atoms with E-state index in [0.717, 1.165) is 31.0 Å². The summed E-state index contributed by atoms with van der Waals surface area (Å²) in [5.41, 5.74) is 1.39. The predicted octanol–water partition coefficient (Wildman–Crippen LogP) is 1.37. The second-order valence-corrected chi connectivity index (χ2v) is 7.48. The van der Waals surface area contributed by atoms with Gasteiger partial charge >= 0.3 is 6.03 Å². The van der Waals surface area contributed by atoms with E-state index >= 15 is 0 Å². The number of carbonyl (C=O) groups is 2. The molecule has 2 saturated heterocycles. The summed E-state index contributed by atoms with van der Waals surface area (Å²) in [6.07, 6.45) is 3.00. The van der Waals surface area contributed by atoms with Crippen LogP contribution in [0.4, 0.5) is 4.79 Å². The summed E-state index contributed by atoms with van der Waals surface area (Å²) >= 11 is 0. The number of imidazole rings is 1. The number of nitrogens with zero attached hydrogens (tertiary/aromatic N) is 4. The van der Waals surface area contributed by atoms with Gasteiger partial charge in [0, 0.05) is 45.0 Å². The third-order valence-corrected chi connectivity index (χ3v) is 5.60. The Labute approximate surface area is 154 Å². The number of ether oxygens (including phenoxy) is 1. The lowest BCUT2D eigenvalue weighted by atomic mass is 9.85. The highest BCUT2D eigenvalue weighted by atomic mass is 16.5. The molecule has 0 bridgehead atoms.